The minimum Gasteiger partial charge on any atom is -0.339 e. The number of nitrogens with one attached hydrogen (secondary N) is 1. The summed E-state index contributed by atoms with van der Waals surface area (Å²) in [6.45, 7) is 7.36. The van der Waals surface area contributed by atoms with E-state index in [-0.39, 0.29) is 17.7 Å². The molecule has 1 aromatic heterocycles. The number of carbonyl (C=O) groups excluding carboxylic acids is 3. The van der Waals surface area contributed by atoms with Crippen molar-refractivity contribution in [3.63, 3.8) is 0 Å². The van der Waals surface area contributed by atoms with Crippen LogP contribution in [0.4, 0.5) is 5.69 Å². The molecule has 1 fully saturated rings. The van der Waals surface area contributed by atoms with Gasteiger partial charge in [0.1, 0.15) is 0 Å². The van der Waals surface area contributed by atoms with Gasteiger partial charge in [0, 0.05) is 51.2 Å². The highest BCUT2D eigenvalue weighted by Gasteiger charge is 2.24. The second-order valence-corrected chi connectivity index (χ2v) is 6.98. The van der Waals surface area contributed by atoms with E-state index in [0.717, 1.165) is 16.8 Å². The molecule has 0 saturated carbocycles. The Balaban J connectivity index is 1.72. The fourth-order valence-electron chi connectivity index (χ4n) is 3.29. The van der Waals surface area contributed by atoms with Gasteiger partial charge in [0.25, 0.3) is 11.8 Å². The lowest BCUT2D eigenvalue weighted by molar-refractivity contribution is -0.130. The predicted octanol–water partition coefficient (Wildman–Crippen LogP) is 2.26. The molecule has 28 heavy (non-hydrogen) atoms. The quantitative estimate of drug-likeness (QED) is 0.885. The first-order chi connectivity index (χ1) is 13.4. The summed E-state index contributed by atoms with van der Waals surface area (Å²) in [7, 11) is 0. The molecule has 0 bridgehead atoms. The van der Waals surface area contributed by atoms with E-state index < -0.39 is 0 Å². The number of rotatable bonds is 3. The van der Waals surface area contributed by atoms with Crippen LogP contribution in [0.25, 0.3) is 0 Å². The van der Waals surface area contributed by atoms with Crippen molar-refractivity contribution in [3.8, 4) is 0 Å². The van der Waals surface area contributed by atoms with Crippen LogP contribution in [-0.2, 0) is 4.79 Å². The fraction of sp³-hybridized carbons (Fsp3) is 0.333. The Morgan fingerprint density at radius 1 is 0.929 bits per heavy atom. The van der Waals surface area contributed by atoms with Crippen molar-refractivity contribution in [2.45, 2.75) is 20.8 Å². The van der Waals surface area contributed by atoms with Crippen molar-refractivity contribution >= 4 is 23.4 Å². The standard InChI is InChI=1S/C21H24N4O3/c1-14-5-4-6-15(2)19(14)23-20(27)17-11-18(13-22-12-17)21(28)25-9-7-24(8-10-25)16(3)26/h4-6,11-13H,7-10H2,1-3H3,(H,23,27). The number of nitrogens with zero attached hydrogens (tertiary/aromatic N) is 3. The van der Waals surface area contributed by atoms with Crippen molar-refractivity contribution in [1.82, 2.24) is 14.8 Å². The maximum absolute atomic E-state index is 12.8. The van der Waals surface area contributed by atoms with Gasteiger partial charge in [-0.2, -0.15) is 0 Å². The number of anilines is 1. The van der Waals surface area contributed by atoms with Crippen LogP contribution >= 0.6 is 0 Å². The van der Waals surface area contributed by atoms with Gasteiger partial charge in [0.15, 0.2) is 0 Å². The molecule has 3 amide bonds. The molecular formula is C21H24N4O3. The van der Waals surface area contributed by atoms with Gasteiger partial charge < -0.3 is 15.1 Å². The summed E-state index contributed by atoms with van der Waals surface area (Å²) in [6, 6.07) is 7.37. The lowest BCUT2D eigenvalue weighted by Crippen LogP contribution is -2.50. The van der Waals surface area contributed by atoms with E-state index >= 15 is 0 Å². The SMILES string of the molecule is CC(=O)N1CCN(C(=O)c2cncc(C(=O)Nc3c(C)cccc3C)c2)CC1. The second-order valence-electron chi connectivity index (χ2n) is 6.98. The molecule has 7 nitrogen and oxygen atoms in total. The molecule has 1 aliphatic heterocycles. The summed E-state index contributed by atoms with van der Waals surface area (Å²) in [5.41, 5.74) is 3.40. The van der Waals surface area contributed by atoms with Crippen LogP contribution in [-0.4, -0.2) is 58.7 Å². The third-order valence-electron chi connectivity index (χ3n) is 4.98. The van der Waals surface area contributed by atoms with Crippen LogP contribution in [0.3, 0.4) is 0 Å². The zero-order valence-corrected chi connectivity index (χ0v) is 16.4. The molecule has 0 atom stereocenters. The Bertz CT molecular complexity index is 897. The fourth-order valence-corrected chi connectivity index (χ4v) is 3.29. The van der Waals surface area contributed by atoms with E-state index in [1.807, 2.05) is 32.0 Å². The van der Waals surface area contributed by atoms with Gasteiger partial charge in [-0.1, -0.05) is 18.2 Å². The van der Waals surface area contributed by atoms with Gasteiger partial charge in [-0.25, -0.2) is 0 Å². The molecule has 0 unspecified atom stereocenters. The number of carbonyl (C=O) groups is 3. The van der Waals surface area contributed by atoms with E-state index in [4.69, 9.17) is 0 Å². The Morgan fingerprint density at radius 2 is 1.50 bits per heavy atom. The summed E-state index contributed by atoms with van der Waals surface area (Å²) in [4.78, 5) is 44.3. The van der Waals surface area contributed by atoms with Crippen LogP contribution in [0.5, 0.6) is 0 Å². The van der Waals surface area contributed by atoms with Gasteiger partial charge in [0.05, 0.1) is 11.1 Å². The highest BCUT2D eigenvalue weighted by molar-refractivity contribution is 6.06. The van der Waals surface area contributed by atoms with Crippen molar-refractivity contribution in [1.29, 1.82) is 0 Å². The van der Waals surface area contributed by atoms with Crippen molar-refractivity contribution in [2.24, 2.45) is 0 Å². The minimum absolute atomic E-state index is 0.0129. The molecule has 7 heteroatoms. The molecule has 1 aliphatic rings. The number of benzene rings is 1. The lowest BCUT2D eigenvalue weighted by Gasteiger charge is -2.34. The highest BCUT2D eigenvalue weighted by atomic mass is 16.2. The highest BCUT2D eigenvalue weighted by Crippen LogP contribution is 2.20. The number of hydrogen-bond acceptors (Lipinski definition) is 4. The number of aromatic nitrogens is 1. The number of aryl methyl sites for hydroxylation is 2. The van der Waals surface area contributed by atoms with Gasteiger partial charge in [-0.05, 0) is 31.0 Å². The summed E-state index contributed by atoms with van der Waals surface area (Å²) in [5, 5.41) is 2.91. The summed E-state index contributed by atoms with van der Waals surface area (Å²) in [6.07, 6.45) is 2.92. The summed E-state index contributed by atoms with van der Waals surface area (Å²) >= 11 is 0. The smallest absolute Gasteiger partial charge is 0.257 e. The maximum atomic E-state index is 12.8. The van der Waals surface area contributed by atoms with E-state index in [1.54, 1.807) is 15.9 Å². The Hall–Kier alpha value is -3.22. The first-order valence-corrected chi connectivity index (χ1v) is 9.24. The van der Waals surface area contributed by atoms with Gasteiger partial charge in [-0.3, -0.25) is 19.4 Å². The van der Waals surface area contributed by atoms with Gasteiger partial charge in [-0.15, -0.1) is 0 Å². The molecule has 0 spiro atoms. The predicted molar refractivity (Wildman–Crippen MR) is 106 cm³/mol. The molecule has 1 N–H and O–H groups in total. The summed E-state index contributed by atoms with van der Waals surface area (Å²) < 4.78 is 0. The molecule has 2 heterocycles. The average molecular weight is 380 g/mol. The minimum atomic E-state index is -0.305. The summed E-state index contributed by atoms with van der Waals surface area (Å²) in [5.74, 6) is -0.475. The molecule has 1 saturated heterocycles. The van der Waals surface area contributed by atoms with Crippen LogP contribution < -0.4 is 5.32 Å². The van der Waals surface area contributed by atoms with Crippen molar-refractivity contribution < 1.29 is 14.4 Å². The van der Waals surface area contributed by atoms with Crippen LogP contribution in [0.2, 0.25) is 0 Å². The van der Waals surface area contributed by atoms with Crippen LogP contribution in [0, 0.1) is 13.8 Å². The molecule has 0 radical (unpaired) electrons. The zero-order chi connectivity index (χ0) is 20.3. The van der Waals surface area contributed by atoms with Crippen molar-refractivity contribution in [2.75, 3.05) is 31.5 Å². The van der Waals surface area contributed by atoms with E-state index in [2.05, 4.69) is 10.3 Å². The molecule has 3 rings (SSSR count). The molecule has 2 aromatic rings. The van der Waals surface area contributed by atoms with Crippen LogP contribution in [0.1, 0.15) is 38.8 Å². The third kappa shape index (κ3) is 4.19. The van der Waals surface area contributed by atoms with E-state index in [1.165, 1.54) is 19.3 Å². The average Bonchev–Trinajstić information content (AvgIpc) is 2.70. The Labute approximate surface area is 164 Å². The topological polar surface area (TPSA) is 82.6 Å². The molecule has 1 aromatic carbocycles. The molecule has 0 aliphatic carbocycles. The largest absolute Gasteiger partial charge is 0.339 e. The number of hydrogen-bond donors (Lipinski definition) is 1. The Morgan fingerprint density at radius 3 is 2.11 bits per heavy atom. The van der Waals surface area contributed by atoms with Crippen LogP contribution in [0.15, 0.2) is 36.7 Å². The number of piperazine rings is 1. The van der Waals surface area contributed by atoms with E-state index in [0.29, 0.717) is 37.3 Å². The molecule has 146 valence electrons. The third-order valence-corrected chi connectivity index (χ3v) is 4.98. The maximum Gasteiger partial charge on any atom is 0.257 e. The Kier molecular flexibility index (Phi) is 5.73. The van der Waals surface area contributed by atoms with E-state index in [9.17, 15) is 14.4 Å². The second kappa shape index (κ2) is 8.21. The number of amides is 3. The van der Waals surface area contributed by atoms with Gasteiger partial charge >= 0.3 is 0 Å². The first-order valence-electron chi connectivity index (χ1n) is 9.24. The monoisotopic (exact) mass is 380 g/mol. The number of pyridine rings is 1. The zero-order valence-electron chi connectivity index (χ0n) is 16.4. The lowest BCUT2D eigenvalue weighted by atomic mass is 10.1. The van der Waals surface area contributed by atoms with Crippen molar-refractivity contribution in [3.05, 3.63) is 58.9 Å². The molecular weight excluding hydrogens is 356 g/mol. The normalized spacial score (nSPS) is 14.0. The first kappa shape index (κ1) is 19.5. The number of para-hydroxylation sites is 1. The van der Waals surface area contributed by atoms with Gasteiger partial charge in [0.2, 0.25) is 5.91 Å².